The standard InChI is InChI=1S/C24H21N3O3/c1-16(23(28)25-15-17-8-3-2-4-9-17)26-24(29)19-14-21(22-12-7-13-30-22)27-20-11-6-5-10-18(19)20/h2-14,16H,15H2,1H3,(H,25,28)(H,26,29)/t16-/m0/s1. The van der Waals surface area contributed by atoms with Crippen LogP contribution in [0.25, 0.3) is 22.4 Å². The van der Waals surface area contributed by atoms with Gasteiger partial charge in [0.15, 0.2) is 5.76 Å². The summed E-state index contributed by atoms with van der Waals surface area (Å²) in [6.45, 7) is 2.07. The Hall–Kier alpha value is -3.93. The predicted molar refractivity (Wildman–Crippen MR) is 115 cm³/mol. The number of aromatic nitrogens is 1. The lowest BCUT2D eigenvalue weighted by Crippen LogP contribution is -2.44. The first-order chi connectivity index (χ1) is 14.6. The van der Waals surface area contributed by atoms with Gasteiger partial charge in [-0.15, -0.1) is 0 Å². The van der Waals surface area contributed by atoms with Crippen LogP contribution in [-0.4, -0.2) is 22.8 Å². The fraction of sp³-hybridized carbons (Fsp3) is 0.125. The van der Waals surface area contributed by atoms with E-state index in [4.69, 9.17) is 4.42 Å². The van der Waals surface area contributed by atoms with Gasteiger partial charge in [-0.2, -0.15) is 0 Å². The van der Waals surface area contributed by atoms with Crippen molar-refractivity contribution >= 4 is 22.7 Å². The first kappa shape index (κ1) is 19.4. The fourth-order valence-corrected chi connectivity index (χ4v) is 3.19. The third kappa shape index (κ3) is 4.22. The molecule has 0 saturated carbocycles. The van der Waals surface area contributed by atoms with Crippen LogP contribution in [0.3, 0.4) is 0 Å². The maximum Gasteiger partial charge on any atom is 0.252 e. The quantitative estimate of drug-likeness (QED) is 0.515. The lowest BCUT2D eigenvalue weighted by molar-refractivity contribution is -0.122. The summed E-state index contributed by atoms with van der Waals surface area (Å²) in [5.41, 5.74) is 2.67. The summed E-state index contributed by atoms with van der Waals surface area (Å²) in [5, 5.41) is 6.34. The number of nitrogens with one attached hydrogen (secondary N) is 2. The topological polar surface area (TPSA) is 84.2 Å². The number of carbonyl (C=O) groups is 2. The molecule has 0 radical (unpaired) electrons. The first-order valence-electron chi connectivity index (χ1n) is 9.68. The average molecular weight is 399 g/mol. The number of carbonyl (C=O) groups excluding carboxylic acids is 2. The molecule has 1 atom stereocenters. The molecule has 150 valence electrons. The van der Waals surface area contributed by atoms with Crippen molar-refractivity contribution in [2.75, 3.05) is 0 Å². The van der Waals surface area contributed by atoms with Gasteiger partial charge in [0.05, 0.1) is 17.3 Å². The maximum atomic E-state index is 13.0. The number of fused-ring (bicyclic) bond motifs is 1. The van der Waals surface area contributed by atoms with Gasteiger partial charge in [0.25, 0.3) is 5.91 Å². The van der Waals surface area contributed by atoms with Crippen LogP contribution >= 0.6 is 0 Å². The number of pyridine rings is 1. The Labute approximate surface area is 173 Å². The van der Waals surface area contributed by atoms with Gasteiger partial charge in [0.2, 0.25) is 5.91 Å². The molecule has 0 fully saturated rings. The van der Waals surface area contributed by atoms with E-state index in [-0.39, 0.29) is 11.8 Å². The Kier molecular flexibility index (Phi) is 5.57. The van der Waals surface area contributed by atoms with Crippen LogP contribution in [0.2, 0.25) is 0 Å². The molecule has 4 rings (SSSR count). The molecule has 0 saturated heterocycles. The number of hydrogen-bond donors (Lipinski definition) is 2. The number of amides is 2. The van der Waals surface area contributed by atoms with Crippen molar-refractivity contribution in [1.29, 1.82) is 0 Å². The number of nitrogens with zero attached hydrogens (tertiary/aromatic N) is 1. The second kappa shape index (κ2) is 8.61. The Morgan fingerprint density at radius 1 is 1.00 bits per heavy atom. The monoisotopic (exact) mass is 399 g/mol. The molecule has 0 aliphatic carbocycles. The minimum Gasteiger partial charge on any atom is -0.463 e. The Morgan fingerprint density at radius 2 is 1.77 bits per heavy atom. The van der Waals surface area contributed by atoms with E-state index in [0.29, 0.717) is 34.5 Å². The van der Waals surface area contributed by atoms with E-state index < -0.39 is 6.04 Å². The summed E-state index contributed by atoms with van der Waals surface area (Å²) < 4.78 is 5.44. The van der Waals surface area contributed by atoms with E-state index in [2.05, 4.69) is 15.6 Å². The van der Waals surface area contributed by atoms with Crippen molar-refractivity contribution in [1.82, 2.24) is 15.6 Å². The summed E-state index contributed by atoms with van der Waals surface area (Å²) in [6.07, 6.45) is 1.56. The van der Waals surface area contributed by atoms with Gasteiger partial charge in [0, 0.05) is 11.9 Å². The van der Waals surface area contributed by atoms with Crippen molar-refractivity contribution in [2.24, 2.45) is 0 Å². The van der Waals surface area contributed by atoms with E-state index in [1.54, 1.807) is 31.4 Å². The summed E-state index contributed by atoms with van der Waals surface area (Å²) in [4.78, 5) is 30.1. The van der Waals surface area contributed by atoms with E-state index in [1.165, 1.54) is 0 Å². The molecule has 6 nitrogen and oxygen atoms in total. The smallest absolute Gasteiger partial charge is 0.252 e. The average Bonchev–Trinajstić information content (AvgIpc) is 3.32. The lowest BCUT2D eigenvalue weighted by Gasteiger charge is -2.15. The van der Waals surface area contributed by atoms with Crippen LogP contribution in [0.5, 0.6) is 0 Å². The molecule has 2 heterocycles. The van der Waals surface area contributed by atoms with Crippen molar-refractivity contribution in [3.8, 4) is 11.5 Å². The highest BCUT2D eigenvalue weighted by molar-refractivity contribution is 6.08. The van der Waals surface area contributed by atoms with Gasteiger partial charge < -0.3 is 15.1 Å². The lowest BCUT2D eigenvalue weighted by atomic mass is 10.1. The van der Waals surface area contributed by atoms with Gasteiger partial charge in [-0.3, -0.25) is 9.59 Å². The Balaban J connectivity index is 1.53. The number of benzene rings is 2. The van der Waals surface area contributed by atoms with Crippen LogP contribution in [0, 0.1) is 0 Å². The number of furan rings is 1. The van der Waals surface area contributed by atoms with Gasteiger partial charge >= 0.3 is 0 Å². The molecule has 0 unspecified atom stereocenters. The molecular weight excluding hydrogens is 378 g/mol. The van der Waals surface area contributed by atoms with Crippen molar-refractivity contribution in [2.45, 2.75) is 19.5 Å². The summed E-state index contributed by atoms with van der Waals surface area (Å²) in [7, 11) is 0. The summed E-state index contributed by atoms with van der Waals surface area (Å²) in [5.74, 6) is -0.0240. The minimum atomic E-state index is -0.694. The van der Waals surface area contributed by atoms with Crippen molar-refractivity contribution in [3.05, 3.63) is 90.2 Å². The molecule has 2 aromatic heterocycles. The maximum absolute atomic E-state index is 13.0. The van der Waals surface area contributed by atoms with Crippen LogP contribution in [-0.2, 0) is 11.3 Å². The van der Waals surface area contributed by atoms with Gasteiger partial charge in [-0.1, -0.05) is 48.5 Å². The molecule has 2 amide bonds. The van der Waals surface area contributed by atoms with E-state index in [1.807, 2.05) is 54.6 Å². The SMILES string of the molecule is C[C@H](NC(=O)c1cc(-c2ccco2)nc2ccccc12)C(=O)NCc1ccccc1. The molecule has 30 heavy (non-hydrogen) atoms. The van der Waals surface area contributed by atoms with E-state index in [0.717, 1.165) is 5.56 Å². The number of para-hydroxylation sites is 1. The normalized spacial score (nSPS) is 11.8. The van der Waals surface area contributed by atoms with Gasteiger partial charge in [-0.05, 0) is 36.8 Å². The van der Waals surface area contributed by atoms with Crippen LogP contribution in [0.1, 0.15) is 22.8 Å². The second-order valence-electron chi connectivity index (χ2n) is 6.95. The van der Waals surface area contributed by atoms with Crippen LogP contribution in [0.4, 0.5) is 0 Å². The molecule has 4 aromatic rings. The fourth-order valence-electron chi connectivity index (χ4n) is 3.19. The third-order valence-electron chi connectivity index (χ3n) is 4.78. The van der Waals surface area contributed by atoms with Crippen LogP contribution < -0.4 is 10.6 Å². The number of hydrogen-bond acceptors (Lipinski definition) is 4. The van der Waals surface area contributed by atoms with Gasteiger partial charge in [-0.25, -0.2) is 4.98 Å². The first-order valence-corrected chi connectivity index (χ1v) is 9.68. The summed E-state index contributed by atoms with van der Waals surface area (Å²) in [6, 6.07) is 21.6. The molecule has 2 N–H and O–H groups in total. The zero-order valence-corrected chi connectivity index (χ0v) is 16.5. The minimum absolute atomic E-state index is 0.253. The Bertz CT molecular complexity index is 1170. The zero-order valence-electron chi connectivity index (χ0n) is 16.5. The van der Waals surface area contributed by atoms with Crippen LogP contribution in [0.15, 0.2) is 83.5 Å². The zero-order chi connectivity index (χ0) is 20.9. The largest absolute Gasteiger partial charge is 0.463 e. The predicted octanol–water partition coefficient (Wildman–Crippen LogP) is 3.93. The van der Waals surface area contributed by atoms with Crippen molar-refractivity contribution in [3.63, 3.8) is 0 Å². The second-order valence-corrected chi connectivity index (χ2v) is 6.95. The van der Waals surface area contributed by atoms with Crippen molar-refractivity contribution < 1.29 is 14.0 Å². The molecule has 0 aliphatic rings. The molecule has 0 bridgehead atoms. The van der Waals surface area contributed by atoms with E-state index >= 15 is 0 Å². The third-order valence-corrected chi connectivity index (χ3v) is 4.78. The highest BCUT2D eigenvalue weighted by atomic mass is 16.3. The molecule has 0 spiro atoms. The molecular formula is C24H21N3O3. The number of rotatable bonds is 6. The highest BCUT2D eigenvalue weighted by Gasteiger charge is 2.20. The highest BCUT2D eigenvalue weighted by Crippen LogP contribution is 2.25. The molecule has 2 aromatic carbocycles. The van der Waals surface area contributed by atoms with E-state index in [9.17, 15) is 9.59 Å². The molecule has 6 heteroatoms. The Morgan fingerprint density at radius 3 is 2.53 bits per heavy atom. The van der Waals surface area contributed by atoms with Gasteiger partial charge in [0.1, 0.15) is 11.7 Å². The summed E-state index contributed by atoms with van der Waals surface area (Å²) >= 11 is 0. The molecule has 0 aliphatic heterocycles.